The van der Waals surface area contributed by atoms with Crippen LogP contribution in [0, 0.1) is 17.0 Å². The first-order valence-electron chi connectivity index (χ1n) is 11.1. The van der Waals surface area contributed by atoms with E-state index in [1.165, 1.54) is 36.2 Å². The lowest BCUT2D eigenvalue weighted by Crippen LogP contribution is -2.44. The summed E-state index contributed by atoms with van der Waals surface area (Å²) in [5, 5.41) is 14.0. The number of nitro groups is 1. The van der Waals surface area contributed by atoms with Gasteiger partial charge in [-0.2, -0.15) is 0 Å². The van der Waals surface area contributed by atoms with E-state index in [4.69, 9.17) is 4.74 Å². The van der Waals surface area contributed by atoms with E-state index in [1.54, 1.807) is 11.8 Å². The largest absolute Gasteiger partial charge is 0.495 e. The van der Waals surface area contributed by atoms with Gasteiger partial charge < -0.3 is 15.0 Å². The number of benzene rings is 1. The van der Waals surface area contributed by atoms with Crippen LogP contribution in [0.4, 0.5) is 11.4 Å². The molecule has 0 aliphatic carbocycles. The third kappa shape index (κ3) is 4.74. The fourth-order valence-electron chi connectivity index (χ4n) is 4.28. The summed E-state index contributed by atoms with van der Waals surface area (Å²) in [6, 6.07) is 4.01. The van der Waals surface area contributed by atoms with Crippen molar-refractivity contribution in [3.63, 3.8) is 0 Å². The van der Waals surface area contributed by atoms with E-state index in [2.05, 4.69) is 10.3 Å². The third-order valence-electron chi connectivity index (χ3n) is 6.19. The number of nitrogens with one attached hydrogen (secondary N) is 1. The zero-order valence-corrected chi connectivity index (χ0v) is 20.4. The molecule has 0 spiro atoms. The molecule has 1 saturated heterocycles. The zero-order valence-electron chi connectivity index (χ0n) is 19.6. The first kappa shape index (κ1) is 24.3. The Morgan fingerprint density at radius 1 is 1.34 bits per heavy atom. The summed E-state index contributed by atoms with van der Waals surface area (Å²) < 4.78 is 6.47. The summed E-state index contributed by atoms with van der Waals surface area (Å²) in [6.45, 7) is 4.20. The lowest BCUT2D eigenvalue weighted by molar-refractivity contribution is -0.384. The molecule has 2 amide bonds. The number of aryl methyl sites for hydroxylation is 1. The molecule has 184 valence electrons. The van der Waals surface area contributed by atoms with E-state index in [1.807, 2.05) is 6.92 Å². The predicted octanol–water partition coefficient (Wildman–Crippen LogP) is 3.34. The lowest BCUT2D eigenvalue weighted by atomic mass is 10.0. The fraction of sp³-hybridized carbons (Fsp3) is 0.391. The van der Waals surface area contributed by atoms with E-state index in [0.717, 1.165) is 30.6 Å². The highest BCUT2D eigenvalue weighted by Gasteiger charge is 2.25. The number of hydrogen-bond donors (Lipinski definition) is 1. The number of hydrogen-bond acceptors (Lipinski definition) is 8. The first-order chi connectivity index (χ1) is 16.7. The molecule has 0 unspecified atom stereocenters. The fourth-order valence-corrected chi connectivity index (χ4v) is 5.31. The Bertz CT molecular complexity index is 1380. The van der Waals surface area contributed by atoms with Crippen molar-refractivity contribution in [1.29, 1.82) is 0 Å². The van der Waals surface area contributed by atoms with Crippen LogP contribution in [0.1, 0.15) is 41.4 Å². The van der Waals surface area contributed by atoms with Gasteiger partial charge in [-0.3, -0.25) is 29.1 Å². The Morgan fingerprint density at radius 3 is 2.80 bits per heavy atom. The maximum absolute atomic E-state index is 13.2. The highest BCUT2D eigenvalue weighted by atomic mass is 32.1. The van der Waals surface area contributed by atoms with Crippen molar-refractivity contribution < 1.29 is 19.2 Å². The Kier molecular flexibility index (Phi) is 6.83. The summed E-state index contributed by atoms with van der Waals surface area (Å²) in [5.74, 6) is -0.425. The summed E-state index contributed by atoms with van der Waals surface area (Å²) in [4.78, 5) is 56.4. The molecule has 11 nitrogen and oxygen atoms in total. The van der Waals surface area contributed by atoms with Gasteiger partial charge in [0.25, 0.3) is 17.2 Å². The van der Waals surface area contributed by atoms with Crippen LogP contribution in [-0.4, -0.2) is 50.9 Å². The standard InChI is InChI=1S/C23H25N5O6S/c1-13-6-4-5-9-27(13)18(29)11-26-12-24-22-19(23(26)31)14(2)20(35-22)21(30)25-16-10-15(28(32)33)7-8-17(16)34-3/h7-8,10,12-13H,4-6,9,11H2,1-3H3,(H,25,30)/t13-/m0/s1. The second kappa shape index (κ2) is 9.82. The maximum atomic E-state index is 13.2. The number of likely N-dealkylation sites (tertiary alicyclic amines) is 1. The van der Waals surface area contributed by atoms with Crippen LogP contribution in [-0.2, 0) is 11.3 Å². The molecule has 0 bridgehead atoms. The normalized spacial score (nSPS) is 15.7. The van der Waals surface area contributed by atoms with Crippen molar-refractivity contribution in [2.24, 2.45) is 0 Å². The van der Waals surface area contributed by atoms with Crippen LogP contribution in [0.25, 0.3) is 10.2 Å². The van der Waals surface area contributed by atoms with Gasteiger partial charge in [0.05, 0.1) is 34.3 Å². The molecule has 4 rings (SSSR count). The summed E-state index contributed by atoms with van der Waals surface area (Å²) in [6.07, 6.45) is 4.30. The molecule has 1 fully saturated rings. The molecule has 1 aromatic carbocycles. The minimum Gasteiger partial charge on any atom is -0.495 e. The molecule has 35 heavy (non-hydrogen) atoms. The smallest absolute Gasteiger partial charge is 0.271 e. The number of nitro benzene ring substituents is 1. The molecule has 1 N–H and O–H groups in total. The van der Waals surface area contributed by atoms with Crippen molar-refractivity contribution in [3.05, 3.63) is 55.4 Å². The van der Waals surface area contributed by atoms with Crippen LogP contribution in [0.5, 0.6) is 5.75 Å². The third-order valence-corrected chi connectivity index (χ3v) is 7.39. The average Bonchev–Trinajstić information content (AvgIpc) is 3.18. The maximum Gasteiger partial charge on any atom is 0.271 e. The van der Waals surface area contributed by atoms with Crippen molar-refractivity contribution in [2.45, 2.75) is 45.7 Å². The molecule has 0 radical (unpaired) electrons. The molecule has 12 heteroatoms. The number of nitrogens with zero attached hydrogens (tertiary/aromatic N) is 4. The average molecular weight is 500 g/mol. The van der Waals surface area contributed by atoms with Gasteiger partial charge in [0.2, 0.25) is 5.91 Å². The van der Waals surface area contributed by atoms with Gasteiger partial charge in [0.1, 0.15) is 17.1 Å². The topological polar surface area (TPSA) is 137 Å². The number of fused-ring (bicyclic) bond motifs is 1. The van der Waals surface area contributed by atoms with Gasteiger partial charge in [-0.05, 0) is 44.7 Å². The number of amides is 2. The Hall–Kier alpha value is -3.80. The van der Waals surface area contributed by atoms with E-state index < -0.39 is 16.4 Å². The lowest BCUT2D eigenvalue weighted by Gasteiger charge is -2.33. The number of carbonyl (C=O) groups excluding carboxylic acids is 2. The van der Waals surface area contributed by atoms with Crippen LogP contribution in [0.3, 0.4) is 0 Å². The number of thiophene rings is 1. The molecule has 1 aliphatic rings. The minimum absolute atomic E-state index is 0.117. The number of piperidine rings is 1. The van der Waals surface area contributed by atoms with Gasteiger partial charge in [0.15, 0.2) is 0 Å². The van der Waals surface area contributed by atoms with Gasteiger partial charge >= 0.3 is 0 Å². The van der Waals surface area contributed by atoms with Crippen molar-refractivity contribution in [2.75, 3.05) is 19.0 Å². The molecular formula is C23H25N5O6S. The number of non-ortho nitro benzene ring substituents is 1. The quantitative estimate of drug-likeness (QED) is 0.406. The Labute approximate surface area is 204 Å². The minimum atomic E-state index is -0.571. The predicted molar refractivity (Wildman–Crippen MR) is 131 cm³/mol. The zero-order chi connectivity index (χ0) is 25.3. The highest BCUT2D eigenvalue weighted by Crippen LogP contribution is 2.32. The van der Waals surface area contributed by atoms with Crippen LogP contribution in [0.2, 0.25) is 0 Å². The molecule has 2 aromatic heterocycles. The summed E-state index contributed by atoms with van der Waals surface area (Å²) in [5.41, 5.74) is -0.0344. The second-order valence-electron chi connectivity index (χ2n) is 8.44. The van der Waals surface area contributed by atoms with Crippen LogP contribution < -0.4 is 15.6 Å². The van der Waals surface area contributed by atoms with E-state index in [0.29, 0.717) is 16.9 Å². The first-order valence-corrected chi connectivity index (χ1v) is 11.9. The monoisotopic (exact) mass is 499 g/mol. The van der Waals surface area contributed by atoms with Crippen LogP contribution >= 0.6 is 11.3 Å². The van der Waals surface area contributed by atoms with Gasteiger partial charge in [-0.1, -0.05) is 0 Å². The molecule has 0 saturated carbocycles. The number of rotatable bonds is 6. The number of ether oxygens (including phenoxy) is 1. The van der Waals surface area contributed by atoms with Gasteiger partial charge in [0, 0.05) is 24.7 Å². The SMILES string of the molecule is COc1ccc([N+](=O)[O-])cc1NC(=O)c1sc2ncn(CC(=O)N3CCCC[C@@H]3C)c(=O)c2c1C. The number of anilines is 1. The highest BCUT2D eigenvalue weighted by molar-refractivity contribution is 7.20. The van der Waals surface area contributed by atoms with Gasteiger partial charge in [-0.25, -0.2) is 4.98 Å². The molecule has 1 atom stereocenters. The number of aromatic nitrogens is 2. The number of carbonyl (C=O) groups is 2. The molecule has 3 aromatic rings. The van der Waals surface area contributed by atoms with E-state index >= 15 is 0 Å². The van der Waals surface area contributed by atoms with Crippen molar-refractivity contribution in [1.82, 2.24) is 14.5 Å². The van der Waals surface area contributed by atoms with Crippen molar-refractivity contribution >= 4 is 44.7 Å². The Morgan fingerprint density at radius 2 is 2.11 bits per heavy atom. The van der Waals surface area contributed by atoms with Crippen LogP contribution in [0.15, 0.2) is 29.3 Å². The van der Waals surface area contributed by atoms with Crippen molar-refractivity contribution in [3.8, 4) is 5.75 Å². The van der Waals surface area contributed by atoms with Gasteiger partial charge in [-0.15, -0.1) is 11.3 Å². The molecular weight excluding hydrogens is 474 g/mol. The Balaban J connectivity index is 1.63. The molecule has 3 heterocycles. The molecule has 1 aliphatic heterocycles. The van der Waals surface area contributed by atoms with E-state index in [9.17, 15) is 24.5 Å². The second-order valence-corrected chi connectivity index (χ2v) is 9.44. The summed E-state index contributed by atoms with van der Waals surface area (Å²) >= 11 is 1.04. The summed E-state index contributed by atoms with van der Waals surface area (Å²) in [7, 11) is 1.39. The van der Waals surface area contributed by atoms with E-state index in [-0.39, 0.29) is 45.9 Å². The number of methoxy groups -OCH3 is 1.